The van der Waals surface area contributed by atoms with Gasteiger partial charge in [-0.05, 0) is 12.1 Å². The molecule has 1 N–H and O–H groups in total. The largest absolute Gasteiger partial charge is 0.356 e. The second-order valence-corrected chi connectivity index (χ2v) is 7.08. The second kappa shape index (κ2) is 7.72. The summed E-state index contributed by atoms with van der Waals surface area (Å²) >= 11 is 1.74. The first-order chi connectivity index (χ1) is 11.6. The van der Waals surface area contributed by atoms with E-state index in [9.17, 15) is 9.59 Å². The summed E-state index contributed by atoms with van der Waals surface area (Å²) in [4.78, 5) is 31.8. The Kier molecular flexibility index (Phi) is 5.42. The highest BCUT2D eigenvalue weighted by Gasteiger charge is 2.21. The van der Waals surface area contributed by atoms with Crippen molar-refractivity contribution in [3.8, 4) is 0 Å². The summed E-state index contributed by atoms with van der Waals surface area (Å²) in [5.41, 5.74) is 1.06. The van der Waals surface area contributed by atoms with Gasteiger partial charge in [-0.3, -0.25) is 14.5 Å². The number of thiazole rings is 1. The average Bonchev–Trinajstić information content (AvgIpc) is 2.97. The Labute approximate surface area is 145 Å². The monoisotopic (exact) mass is 346 g/mol. The fraction of sp³-hybridized carbons (Fsp3) is 0.471. The normalized spacial score (nSPS) is 15.6. The highest BCUT2D eigenvalue weighted by molar-refractivity contribution is 7.18. The van der Waals surface area contributed by atoms with Gasteiger partial charge >= 0.3 is 0 Å². The molecule has 0 unspecified atom stereocenters. The van der Waals surface area contributed by atoms with Crippen LogP contribution in [0.15, 0.2) is 24.3 Å². The molecule has 1 aromatic carbocycles. The molecule has 0 aliphatic carbocycles. The van der Waals surface area contributed by atoms with E-state index < -0.39 is 0 Å². The van der Waals surface area contributed by atoms with Crippen LogP contribution in [0.1, 0.15) is 18.4 Å². The van der Waals surface area contributed by atoms with Gasteiger partial charge in [-0.2, -0.15) is 0 Å². The summed E-state index contributed by atoms with van der Waals surface area (Å²) in [6.45, 7) is 5.93. The Bertz CT molecular complexity index is 689. The van der Waals surface area contributed by atoms with Crippen LogP contribution >= 0.6 is 11.3 Å². The van der Waals surface area contributed by atoms with Crippen LogP contribution in [-0.2, 0) is 16.1 Å². The maximum Gasteiger partial charge on any atom is 0.224 e. The molecule has 24 heavy (non-hydrogen) atoms. The third kappa shape index (κ3) is 4.30. The van der Waals surface area contributed by atoms with E-state index in [0.29, 0.717) is 13.0 Å². The zero-order chi connectivity index (χ0) is 16.9. The Balaban J connectivity index is 1.46. The molecule has 1 fully saturated rings. The van der Waals surface area contributed by atoms with Crippen molar-refractivity contribution >= 4 is 33.4 Å². The van der Waals surface area contributed by atoms with Crippen molar-refractivity contribution in [2.45, 2.75) is 19.9 Å². The number of aromatic nitrogens is 1. The molecule has 0 atom stereocenters. The average molecular weight is 346 g/mol. The van der Waals surface area contributed by atoms with Gasteiger partial charge in [0.1, 0.15) is 5.01 Å². The van der Waals surface area contributed by atoms with Crippen LogP contribution in [-0.4, -0.2) is 59.3 Å². The third-order valence-electron chi connectivity index (χ3n) is 4.13. The van der Waals surface area contributed by atoms with Gasteiger partial charge < -0.3 is 10.2 Å². The first-order valence-electron chi connectivity index (χ1n) is 8.21. The molecule has 2 amide bonds. The van der Waals surface area contributed by atoms with Crippen molar-refractivity contribution in [2.75, 3.05) is 32.7 Å². The number of hydrogen-bond donors (Lipinski definition) is 1. The zero-order valence-electron chi connectivity index (χ0n) is 13.8. The number of para-hydroxylation sites is 1. The lowest BCUT2D eigenvalue weighted by Gasteiger charge is -2.34. The number of carbonyl (C=O) groups excluding carboxylic acids is 2. The zero-order valence-corrected chi connectivity index (χ0v) is 14.6. The molecule has 1 aliphatic rings. The van der Waals surface area contributed by atoms with Crippen LogP contribution in [0.4, 0.5) is 0 Å². The summed E-state index contributed by atoms with van der Waals surface area (Å²) in [7, 11) is 0. The second-order valence-electron chi connectivity index (χ2n) is 5.97. The standard InChI is InChI=1S/C17H22N4O2S/c1-13(22)18-7-6-17(23)21-10-8-20(9-11-21)12-16-19-14-4-2-3-5-15(14)24-16/h2-5H,6-12H2,1H3,(H,18,22). The summed E-state index contributed by atoms with van der Waals surface area (Å²) in [5, 5.41) is 3.79. The van der Waals surface area contributed by atoms with Gasteiger partial charge in [-0.25, -0.2) is 4.98 Å². The number of amides is 2. The molecule has 1 aliphatic heterocycles. The van der Waals surface area contributed by atoms with Gasteiger partial charge in [-0.1, -0.05) is 12.1 Å². The molecule has 2 aromatic rings. The molecular formula is C17H22N4O2S. The summed E-state index contributed by atoms with van der Waals surface area (Å²) in [6.07, 6.45) is 0.372. The molecule has 2 heterocycles. The topological polar surface area (TPSA) is 65.5 Å². The molecule has 1 aromatic heterocycles. The van der Waals surface area contributed by atoms with Crippen molar-refractivity contribution < 1.29 is 9.59 Å². The highest BCUT2D eigenvalue weighted by atomic mass is 32.1. The predicted octanol–water partition coefficient (Wildman–Crippen LogP) is 1.47. The maximum atomic E-state index is 12.1. The number of carbonyl (C=O) groups is 2. The van der Waals surface area contributed by atoms with Crippen LogP contribution < -0.4 is 5.32 Å². The molecule has 128 valence electrons. The molecule has 0 bridgehead atoms. The summed E-state index contributed by atoms with van der Waals surface area (Å²) in [6, 6.07) is 8.19. The number of rotatable bonds is 5. The molecule has 1 saturated heterocycles. The smallest absolute Gasteiger partial charge is 0.224 e. The molecule has 0 radical (unpaired) electrons. The Morgan fingerprint density at radius 2 is 1.96 bits per heavy atom. The van der Waals surface area contributed by atoms with Crippen LogP contribution in [0.2, 0.25) is 0 Å². The van der Waals surface area contributed by atoms with Crippen molar-refractivity contribution in [3.05, 3.63) is 29.3 Å². The van der Waals surface area contributed by atoms with Gasteiger partial charge in [-0.15, -0.1) is 11.3 Å². The minimum Gasteiger partial charge on any atom is -0.356 e. The third-order valence-corrected chi connectivity index (χ3v) is 5.16. The van der Waals surface area contributed by atoms with Crippen LogP contribution in [0.25, 0.3) is 10.2 Å². The lowest BCUT2D eigenvalue weighted by atomic mass is 10.2. The number of fused-ring (bicyclic) bond motifs is 1. The molecule has 0 saturated carbocycles. The van der Waals surface area contributed by atoms with Gasteiger partial charge in [0.25, 0.3) is 0 Å². The highest BCUT2D eigenvalue weighted by Crippen LogP contribution is 2.23. The van der Waals surface area contributed by atoms with Crippen molar-refractivity contribution in [3.63, 3.8) is 0 Å². The number of piperazine rings is 1. The fourth-order valence-corrected chi connectivity index (χ4v) is 3.85. The summed E-state index contributed by atoms with van der Waals surface area (Å²) in [5.74, 6) is 0.0202. The molecule has 6 nitrogen and oxygen atoms in total. The number of benzene rings is 1. The van der Waals surface area contributed by atoms with Gasteiger partial charge in [0.15, 0.2) is 0 Å². The van der Waals surface area contributed by atoms with E-state index >= 15 is 0 Å². The van der Waals surface area contributed by atoms with E-state index in [2.05, 4.69) is 21.3 Å². The van der Waals surface area contributed by atoms with Crippen molar-refractivity contribution in [2.24, 2.45) is 0 Å². The Morgan fingerprint density at radius 1 is 1.21 bits per heavy atom. The summed E-state index contributed by atoms with van der Waals surface area (Å²) < 4.78 is 1.22. The van der Waals surface area contributed by atoms with E-state index in [1.165, 1.54) is 11.6 Å². The Hall–Kier alpha value is -1.99. The number of nitrogens with one attached hydrogen (secondary N) is 1. The van der Waals surface area contributed by atoms with E-state index in [-0.39, 0.29) is 11.8 Å². The molecule has 3 rings (SSSR count). The minimum atomic E-state index is -0.0940. The van der Waals surface area contributed by atoms with Gasteiger partial charge in [0.2, 0.25) is 11.8 Å². The Morgan fingerprint density at radius 3 is 2.67 bits per heavy atom. The first-order valence-corrected chi connectivity index (χ1v) is 9.02. The fourth-order valence-electron chi connectivity index (χ4n) is 2.84. The van der Waals surface area contributed by atoms with Crippen molar-refractivity contribution in [1.82, 2.24) is 20.1 Å². The quantitative estimate of drug-likeness (QED) is 0.890. The minimum absolute atomic E-state index is 0.0940. The van der Waals surface area contributed by atoms with Gasteiger partial charge in [0, 0.05) is 46.1 Å². The van der Waals surface area contributed by atoms with Gasteiger partial charge in [0.05, 0.1) is 16.8 Å². The lowest BCUT2D eigenvalue weighted by Crippen LogP contribution is -2.48. The van der Waals surface area contributed by atoms with Crippen LogP contribution in [0, 0.1) is 0 Å². The van der Waals surface area contributed by atoms with E-state index in [1.54, 1.807) is 11.3 Å². The molecule has 0 spiro atoms. The van der Waals surface area contributed by atoms with Crippen LogP contribution in [0.3, 0.4) is 0 Å². The van der Waals surface area contributed by atoms with Crippen molar-refractivity contribution in [1.29, 1.82) is 0 Å². The van der Waals surface area contributed by atoms with E-state index in [0.717, 1.165) is 43.2 Å². The lowest BCUT2D eigenvalue weighted by molar-refractivity contribution is -0.133. The van der Waals surface area contributed by atoms with Crippen LogP contribution in [0.5, 0.6) is 0 Å². The predicted molar refractivity (Wildman–Crippen MR) is 94.8 cm³/mol. The SMILES string of the molecule is CC(=O)NCCC(=O)N1CCN(Cc2nc3ccccc3s2)CC1. The first kappa shape index (κ1) is 16.9. The molecule has 7 heteroatoms. The van der Waals surface area contributed by atoms with E-state index in [1.807, 2.05) is 23.1 Å². The maximum absolute atomic E-state index is 12.1. The van der Waals surface area contributed by atoms with E-state index in [4.69, 9.17) is 0 Å². The number of nitrogens with zero attached hydrogens (tertiary/aromatic N) is 3. The molecular weight excluding hydrogens is 324 g/mol. The number of hydrogen-bond acceptors (Lipinski definition) is 5.